The predicted molar refractivity (Wildman–Crippen MR) is 71.0 cm³/mol. The average molecular weight is 295 g/mol. The summed E-state index contributed by atoms with van der Waals surface area (Å²) in [6, 6.07) is 4.24. The number of hydrogen-bond donors (Lipinski definition) is 3. The lowest BCUT2D eigenvalue weighted by atomic mass is 10.2. The van der Waals surface area contributed by atoms with Gasteiger partial charge >= 0.3 is 5.97 Å². The van der Waals surface area contributed by atoms with E-state index in [9.17, 15) is 18.8 Å². The van der Waals surface area contributed by atoms with Crippen molar-refractivity contribution in [3.8, 4) is 0 Å². The highest BCUT2D eigenvalue weighted by Crippen LogP contribution is 2.09. The summed E-state index contributed by atoms with van der Waals surface area (Å²) in [4.78, 5) is 35.5. The van der Waals surface area contributed by atoms with Gasteiger partial charge in [0, 0.05) is 12.2 Å². The third-order valence-corrected chi connectivity index (χ3v) is 3.04. The number of rotatable bonds is 4. The van der Waals surface area contributed by atoms with Crippen molar-refractivity contribution in [1.82, 2.24) is 10.2 Å². The van der Waals surface area contributed by atoms with E-state index in [1.807, 2.05) is 0 Å². The van der Waals surface area contributed by atoms with Crippen LogP contribution in [0.15, 0.2) is 24.3 Å². The van der Waals surface area contributed by atoms with E-state index in [4.69, 9.17) is 5.11 Å². The summed E-state index contributed by atoms with van der Waals surface area (Å²) in [5.41, 5.74) is 0.398. The molecule has 0 saturated carbocycles. The molecule has 0 aliphatic carbocycles. The van der Waals surface area contributed by atoms with E-state index in [0.717, 1.165) is 0 Å². The molecule has 2 rings (SSSR count). The highest BCUT2D eigenvalue weighted by atomic mass is 19.1. The van der Waals surface area contributed by atoms with Crippen LogP contribution in [0.2, 0.25) is 0 Å². The molecule has 0 aromatic heterocycles. The van der Waals surface area contributed by atoms with Gasteiger partial charge in [-0.15, -0.1) is 0 Å². The molecule has 1 aromatic carbocycles. The molecular weight excluding hydrogens is 281 g/mol. The van der Waals surface area contributed by atoms with Crippen LogP contribution in [0.5, 0.6) is 0 Å². The summed E-state index contributed by atoms with van der Waals surface area (Å²) in [7, 11) is 0. The molecule has 112 valence electrons. The maximum atomic E-state index is 12.7. The van der Waals surface area contributed by atoms with Crippen LogP contribution in [0, 0.1) is 5.82 Å². The van der Waals surface area contributed by atoms with Gasteiger partial charge in [-0.3, -0.25) is 19.3 Å². The highest BCUT2D eigenvalue weighted by Gasteiger charge is 2.32. The van der Waals surface area contributed by atoms with Crippen LogP contribution in [0.4, 0.5) is 10.1 Å². The number of carboxylic acid groups (broad SMARTS) is 1. The number of amides is 2. The standard InChI is InChI=1S/C13H14FN3O4/c14-8-1-3-9(4-2-8)16-12(19)7-17-6-11(18)15-5-10(17)13(20)21/h1-4,10H,5-7H2,(H,15,18)(H,16,19)(H,20,21). The van der Waals surface area contributed by atoms with E-state index in [2.05, 4.69) is 10.6 Å². The molecule has 0 spiro atoms. The molecule has 1 heterocycles. The summed E-state index contributed by atoms with van der Waals surface area (Å²) in [6.45, 7) is -0.437. The second-order valence-corrected chi connectivity index (χ2v) is 4.62. The molecule has 2 amide bonds. The Labute approximate surface area is 119 Å². The lowest BCUT2D eigenvalue weighted by Crippen LogP contribution is -2.58. The van der Waals surface area contributed by atoms with Gasteiger partial charge in [0.25, 0.3) is 0 Å². The van der Waals surface area contributed by atoms with E-state index in [-0.39, 0.29) is 25.5 Å². The van der Waals surface area contributed by atoms with Gasteiger partial charge < -0.3 is 15.7 Å². The largest absolute Gasteiger partial charge is 0.480 e. The summed E-state index contributed by atoms with van der Waals surface area (Å²) in [5.74, 6) is -2.33. The van der Waals surface area contributed by atoms with Crippen molar-refractivity contribution in [3.63, 3.8) is 0 Å². The van der Waals surface area contributed by atoms with Crippen LogP contribution in [0.3, 0.4) is 0 Å². The smallest absolute Gasteiger partial charge is 0.322 e. The Morgan fingerprint density at radius 3 is 2.67 bits per heavy atom. The molecule has 1 saturated heterocycles. The van der Waals surface area contributed by atoms with E-state index < -0.39 is 23.7 Å². The molecule has 7 nitrogen and oxygen atoms in total. The van der Waals surface area contributed by atoms with Crippen molar-refractivity contribution >= 4 is 23.5 Å². The second-order valence-electron chi connectivity index (χ2n) is 4.62. The fraction of sp³-hybridized carbons (Fsp3) is 0.308. The number of benzene rings is 1. The summed E-state index contributed by atoms with van der Waals surface area (Å²) >= 11 is 0. The van der Waals surface area contributed by atoms with Crippen molar-refractivity contribution in [3.05, 3.63) is 30.1 Å². The van der Waals surface area contributed by atoms with Crippen molar-refractivity contribution in [2.75, 3.05) is 25.0 Å². The number of nitrogens with zero attached hydrogens (tertiary/aromatic N) is 1. The maximum Gasteiger partial charge on any atom is 0.322 e. The van der Waals surface area contributed by atoms with Crippen LogP contribution < -0.4 is 10.6 Å². The minimum atomic E-state index is -1.11. The van der Waals surface area contributed by atoms with Crippen LogP contribution >= 0.6 is 0 Å². The number of nitrogens with one attached hydrogen (secondary N) is 2. The van der Waals surface area contributed by atoms with Gasteiger partial charge in [-0.05, 0) is 24.3 Å². The molecule has 0 bridgehead atoms. The zero-order chi connectivity index (χ0) is 15.4. The van der Waals surface area contributed by atoms with Gasteiger partial charge in [0.05, 0.1) is 13.1 Å². The van der Waals surface area contributed by atoms with Crippen molar-refractivity contribution in [2.24, 2.45) is 0 Å². The van der Waals surface area contributed by atoms with E-state index in [0.29, 0.717) is 5.69 Å². The number of piperazine rings is 1. The van der Waals surface area contributed by atoms with Gasteiger partial charge in [-0.2, -0.15) is 0 Å². The molecular formula is C13H14FN3O4. The summed E-state index contributed by atoms with van der Waals surface area (Å²) in [6.07, 6.45) is 0. The number of carbonyl (C=O) groups excluding carboxylic acids is 2. The Kier molecular flexibility index (Phi) is 4.49. The normalized spacial score (nSPS) is 18.9. The minimum Gasteiger partial charge on any atom is -0.480 e. The van der Waals surface area contributed by atoms with Crippen molar-refractivity contribution in [2.45, 2.75) is 6.04 Å². The highest BCUT2D eigenvalue weighted by molar-refractivity contribution is 5.93. The Morgan fingerprint density at radius 2 is 2.05 bits per heavy atom. The van der Waals surface area contributed by atoms with E-state index in [1.165, 1.54) is 29.2 Å². The Balaban J connectivity index is 1.97. The first-order valence-electron chi connectivity index (χ1n) is 6.24. The molecule has 8 heteroatoms. The van der Waals surface area contributed by atoms with Crippen LogP contribution in [0.1, 0.15) is 0 Å². The molecule has 3 N–H and O–H groups in total. The first kappa shape index (κ1) is 14.9. The van der Waals surface area contributed by atoms with Gasteiger partial charge in [0.1, 0.15) is 11.9 Å². The van der Waals surface area contributed by atoms with Crippen molar-refractivity contribution < 1.29 is 23.9 Å². The Morgan fingerprint density at radius 1 is 1.38 bits per heavy atom. The summed E-state index contributed by atoms with van der Waals surface area (Å²) in [5, 5.41) is 14.0. The SMILES string of the molecule is O=C1CN(CC(=O)Nc2ccc(F)cc2)C(C(=O)O)CN1. The fourth-order valence-electron chi connectivity index (χ4n) is 2.02. The third-order valence-electron chi connectivity index (χ3n) is 3.04. The summed E-state index contributed by atoms with van der Waals surface area (Å²) < 4.78 is 12.7. The number of anilines is 1. The van der Waals surface area contributed by atoms with Crippen LogP contribution in [-0.4, -0.2) is 53.5 Å². The lowest BCUT2D eigenvalue weighted by Gasteiger charge is -2.31. The number of aliphatic carboxylic acids is 1. The zero-order valence-corrected chi connectivity index (χ0v) is 11.0. The first-order valence-corrected chi connectivity index (χ1v) is 6.24. The monoisotopic (exact) mass is 295 g/mol. The number of hydrogen-bond acceptors (Lipinski definition) is 4. The second kappa shape index (κ2) is 6.31. The Bertz CT molecular complexity index is 561. The molecule has 0 radical (unpaired) electrons. The Hall–Kier alpha value is -2.48. The molecule has 1 unspecified atom stereocenters. The van der Waals surface area contributed by atoms with Gasteiger partial charge in [-0.1, -0.05) is 0 Å². The van der Waals surface area contributed by atoms with Gasteiger partial charge in [0.15, 0.2) is 0 Å². The third kappa shape index (κ3) is 3.99. The van der Waals surface area contributed by atoms with Gasteiger partial charge in [-0.25, -0.2) is 4.39 Å². The maximum absolute atomic E-state index is 12.7. The zero-order valence-electron chi connectivity index (χ0n) is 11.0. The molecule has 21 heavy (non-hydrogen) atoms. The molecule has 1 aliphatic heterocycles. The van der Waals surface area contributed by atoms with E-state index in [1.54, 1.807) is 0 Å². The first-order chi connectivity index (χ1) is 9.95. The van der Waals surface area contributed by atoms with Gasteiger partial charge in [0.2, 0.25) is 11.8 Å². The average Bonchev–Trinajstić information content (AvgIpc) is 2.41. The molecule has 1 aromatic rings. The van der Waals surface area contributed by atoms with E-state index >= 15 is 0 Å². The van der Waals surface area contributed by atoms with Crippen molar-refractivity contribution in [1.29, 1.82) is 0 Å². The number of carbonyl (C=O) groups is 3. The number of halogens is 1. The molecule has 1 aliphatic rings. The minimum absolute atomic E-state index is 0.0437. The van der Waals surface area contributed by atoms with Crippen LogP contribution in [0.25, 0.3) is 0 Å². The molecule has 1 atom stereocenters. The quantitative estimate of drug-likeness (QED) is 0.705. The topological polar surface area (TPSA) is 98.7 Å². The number of carboxylic acids is 1. The van der Waals surface area contributed by atoms with Crippen LogP contribution in [-0.2, 0) is 14.4 Å². The fourth-order valence-corrected chi connectivity index (χ4v) is 2.02. The molecule has 1 fully saturated rings. The predicted octanol–water partition coefficient (Wildman–Crippen LogP) is -0.351. The lowest BCUT2D eigenvalue weighted by molar-refractivity contribution is -0.146.